The van der Waals surface area contributed by atoms with E-state index in [0.29, 0.717) is 13.0 Å². The molecule has 0 saturated carbocycles. The lowest BCUT2D eigenvalue weighted by molar-refractivity contribution is -0.136. The number of aryl methyl sites for hydroxylation is 1. The van der Waals surface area contributed by atoms with Crippen molar-refractivity contribution in [3.8, 4) is 0 Å². The summed E-state index contributed by atoms with van der Waals surface area (Å²) >= 11 is 0. The van der Waals surface area contributed by atoms with Gasteiger partial charge in [-0.15, -0.1) is 0 Å². The van der Waals surface area contributed by atoms with Gasteiger partial charge in [0.2, 0.25) is 5.91 Å². The van der Waals surface area contributed by atoms with Crippen molar-refractivity contribution in [2.24, 2.45) is 0 Å². The van der Waals surface area contributed by atoms with Crippen LogP contribution in [-0.2, 0) is 11.2 Å². The molecule has 1 aliphatic rings. The first-order valence-electron chi connectivity index (χ1n) is 6.39. The molecule has 0 aliphatic carbocycles. The van der Waals surface area contributed by atoms with E-state index in [4.69, 9.17) is 0 Å². The van der Waals surface area contributed by atoms with Gasteiger partial charge in [-0.05, 0) is 38.3 Å². The zero-order chi connectivity index (χ0) is 13.2. The predicted octanol–water partition coefficient (Wildman–Crippen LogP) is 1.31. The molecule has 0 aromatic carbocycles. The minimum Gasteiger partial charge on any atom is -0.388 e. The number of piperidine rings is 1. The third-order valence-corrected chi connectivity index (χ3v) is 3.46. The van der Waals surface area contributed by atoms with Gasteiger partial charge in [-0.2, -0.15) is 0 Å². The lowest BCUT2D eigenvalue weighted by Gasteiger charge is -2.36. The Morgan fingerprint density at radius 3 is 3.06 bits per heavy atom. The van der Waals surface area contributed by atoms with E-state index in [0.717, 1.165) is 30.6 Å². The van der Waals surface area contributed by atoms with Crippen molar-refractivity contribution < 1.29 is 9.90 Å². The topological polar surface area (TPSA) is 53.4 Å². The van der Waals surface area contributed by atoms with Crippen LogP contribution in [0.15, 0.2) is 18.3 Å². The monoisotopic (exact) mass is 248 g/mol. The quantitative estimate of drug-likeness (QED) is 0.858. The number of amides is 1. The summed E-state index contributed by atoms with van der Waals surface area (Å²) in [7, 11) is 0. The molecule has 0 radical (unpaired) electrons. The maximum atomic E-state index is 12.2. The third-order valence-electron chi connectivity index (χ3n) is 3.46. The normalized spacial score (nSPS) is 24.1. The van der Waals surface area contributed by atoms with E-state index in [-0.39, 0.29) is 5.91 Å². The van der Waals surface area contributed by atoms with Crippen LogP contribution < -0.4 is 0 Å². The minimum atomic E-state index is -0.743. The number of aromatic nitrogens is 1. The van der Waals surface area contributed by atoms with Gasteiger partial charge >= 0.3 is 0 Å². The summed E-state index contributed by atoms with van der Waals surface area (Å²) in [4.78, 5) is 18.2. The average molecular weight is 248 g/mol. The Hall–Kier alpha value is -1.42. The maximum absolute atomic E-state index is 12.2. The molecule has 1 fully saturated rings. The summed E-state index contributed by atoms with van der Waals surface area (Å²) in [5, 5.41) is 10.0. The van der Waals surface area contributed by atoms with Crippen molar-refractivity contribution in [2.45, 2.75) is 38.7 Å². The third kappa shape index (κ3) is 3.07. The van der Waals surface area contributed by atoms with Crippen molar-refractivity contribution in [3.63, 3.8) is 0 Å². The number of hydrogen-bond donors (Lipinski definition) is 1. The zero-order valence-corrected chi connectivity index (χ0v) is 11.0. The average Bonchev–Trinajstić information content (AvgIpc) is 2.31. The van der Waals surface area contributed by atoms with Gasteiger partial charge < -0.3 is 10.0 Å². The Balaban J connectivity index is 2.02. The number of pyridine rings is 1. The summed E-state index contributed by atoms with van der Waals surface area (Å²) in [6.07, 6.45) is 3.66. The van der Waals surface area contributed by atoms with Crippen LogP contribution in [-0.4, -0.2) is 39.6 Å². The number of likely N-dealkylation sites (tertiary alicyclic amines) is 1. The molecule has 0 spiro atoms. The number of carbonyl (C=O) groups is 1. The summed E-state index contributed by atoms with van der Waals surface area (Å²) in [6, 6.07) is 3.83. The maximum Gasteiger partial charge on any atom is 0.228 e. The highest BCUT2D eigenvalue weighted by Crippen LogP contribution is 2.21. The lowest BCUT2D eigenvalue weighted by Crippen LogP contribution is -2.49. The molecule has 1 N–H and O–H groups in total. The second-order valence-electron chi connectivity index (χ2n) is 5.36. The highest BCUT2D eigenvalue weighted by atomic mass is 16.3. The molecule has 4 heteroatoms. The summed E-state index contributed by atoms with van der Waals surface area (Å²) in [5.41, 5.74) is 1.12. The fourth-order valence-electron chi connectivity index (χ4n) is 2.39. The fraction of sp³-hybridized carbons (Fsp3) is 0.571. The summed E-state index contributed by atoms with van der Waals surface area (Å²) < 4.78 is 0. The smallest absolute Gasteiger partial charge is 0.228 e. The predicted molar refractivity (Wildman–Crippen MR) is 69.1 cm³/mol. The van der Waals surface area contributed by atoms with Gasteiger partial charge in [0.05, 0.1) is 17.7 Å². The fourth-order valence-corrected chi connectivity index (χ4v) is 2.39. The molecule has 1 amide bonds. The second-order valence-corrected chi connectivity index (χ2v) is 5.36. The van der Waals surface area contributed by atoms with Crippen molar-refractivity contribution >= 4 is 5.91 Å². The second kappa shape index (κ2) is 5.06. The van der Waals surface area contributed by atoms with E-state index in [1.807, 2.05) is 19.1 Å². The number of β-amino-alcohol motifs (C(OH)–C–C–N with tert-alkyl or cyclic N) is 1. The van der Waals surface area contributed by atoms with E-state index < -0.39 is 5.60 Å². The molecular weight excluding hydrogens is 228 g/mol. The first kappa shape index (κ1) is 13.0. The SMILES string of the molecule is Cc1cccnc1CC(=O)N1CCCC(C)(O)C1. The summed E-state index contributed by atoms with van der Waals surface area (Å²) in [5.74, 6) is 0.0526. The molecule has 1 saturated heterocycles. The van der Waals surface area contributed by atoms with Gasteiger partial charge in [-0.3, -0.25) is 9.78 Å². The van der Waals surface area contributed by atoms with Crippen LogP contribution in [0.25, 0.3) is 0 Å². The Bertz CT molecular complexity index is 443. The molecule has 1 aromatic rings. The van der Waals surface area contributed by atoms with Gasteiger partial charge in [0.15, 0.2) is 0 Å². The van der Waals surface area contributed by atoms with E-state index in [1.165, 1.54) is 0 Å². The van der Waals surface area contributed by atoms with Gasteiger partial charge in [-0.1, -0.05) is 6.07 Å². The van der Waals surface area contributed by atoms with Gasteiger partial charge in [0.1, 0.15) is 0 Å². The van der Waals surface area contributed by atoms with Crippen molar-refractivity contribution in [2.75, 3.05) is 13.1 Å². The highest BCUT2D eigenvalue weighted by molar-refractivity contribution is 5.78. The molecule has 1 unspecified atom stereocenters. The van der Waals surface area contributed by atoms with Gasteiger partial charge in [0.25, 0.3) is 0 Å². The molecule has 4 nitrogen and oxygen atoms in total. The molecule has 18 heavy (non-hydrogen) atoms. The van der Waals surface area contributed by atoms with Crippen LogP contribution in [0.4, 0.5) is 0 Å². The molecule has 2 heterocycles. The number of carbonyl (C=O) groups excluding carboxylic acids is 1. The van der Waals surface area contributed by atoms with Gasteiger partial charge in [-0.25, -0.2) is 0 Å². The zero-order valence-electron chi connectivity index (χ0n) is 11.0. The lowest BCUT2D eigenvalue weighted by atomic mass is 9.95. The molecular formula is C14H20N2O2. The summed E-state index contributed by atoms with van der Waals surface area (Å²) in [6.45, 7) is 4.92. The van der Waals surface area contributed by atoms with Crippen molar-refractivity contribution in [3.05, 3.63) is 29.6 Å². The van der Waals surface area contributed by atoms with E-state index in [9.17, 15) is 9.90 Å². The van der Waals surface area contributed by atoms with Crippen molar-refractivity contribution in [1.29, 1.82) is 0 Å². The molecule has 0 bridgehead atoms. The Labute approximate surface area is 108 Å². The number of nitrogens with zero attached hydrogens (tertiary/aromatic N) is 2. The molecule has 1 aliphatic heterocycles. The highest BCUT2D eigenvalue weighted by Gasteiger charge is 2.30. The minimum absolute atomic E-state index is 0.0526. The Morgan fingerprint density at radius 2 is 2.39 bits per heavy atom. The number of hydrogen-bond acceptors (Lipinski definition) is 3. The van der Waals surface area contributed by atoms with Crippen LogP contribution in [0.2, 0.25) is 0 Å². The van der Waals surface area contributed by atoms with Gasteiger partial charge in [0, 0.05) is 19.3 Å². The van der Waals surface area contributed by atoms with E-state index in [2.05, 4.69) is 4.98 Å². The Morgan fingerprint density at radius 1 is 1.61 bits per heavy atom. The van der Waals surface area contributed by atoms with Crippen LogP contribution in [0.1, 0.15) is 31.0 Å². The molecule has 1 atom stereocenters. The van der Waals surface area contributed by atoms with Crippen LogP contribution in [0.5, 0.6) is 0 Å². The first-order chi connectivity index (χ1) is 8.48. The Kier molecular flexibility index (Phi) is 3.66. The van der Waals surface area contributed by atoms with Crippen LogP contribution in [0.3, 0.4) is 0 Å². The number of rotatable bonds is 2. The largest absolute Gasteiger partial charge is 0.388 e. The van der Waals surface area contributed by atoms with Crippen LogP contribution >= 0.6 is 0 Å². The molecule has 2 rings (SSSR count). The van der Waals surface area contributed by atoms with Crippen molar-refractivity contribution in [1.82, 2.24) is 9.88 Å². The number of aliphatic hydroxyl groups is 1. The van der Waals surface area contributed by atoms with E-state index >= 15 is 0 Å². The van der Waals surface area contributed by atoms with Crippen LogP contribution in [0, 0.1) is 6.92 Å². The first-order valence-corrected chi connectivity index (χ1v) is 6.39. The standard InChI is InChI=1S/C14H20N2O2/c1-11-5-3-7-15-12(11)9-13(17)16-8-4-6-14(2,18)10-16/h3,5,7,18H,4,6,8-10H2,1-2H3. The molecule has 1 aromatic heterocycles. The van der Waals surface area contributed by atoms with E-state index in [1.54, 1.807) is 18.0 Å². The molecule has 98 valence electrons.